The van der Waals surface area contributed by atoms with Crippen LogP contribution < -0.4 is 5.73 Å². The molecule has 2 aliphatic heterocycles. The predicted molar refractivity (Wildman–Crippen MR) is 89.2 cm³/mol. The van der Waals surface area contributed by atoms with Gasteiger partial charge in [-0.2, -0.15) is 0 Å². The van der Waals surface area contributed by atoms with E-state index in [4.69, 9.17) is 19.9 Å². The molecule has 4 nitrogen and oxygen atoms in total. The zero-order valence-corrected chi connectivity index (χ0v) is 13.1. The quantitative estimate of drug-likeness (QED) is 0.833. The third kappa shape index (κ3) is 5.77. The van der Waals surface area contributed by atoms with E-state index in [-0.39, 0.29) is 6.04 Å². The van der Waals surface area contributed by atoms with Gasteiger partial charge >= 0.3 is 0 Å². The lowest BCUT2D eigenvalue weighted by molar-refractivity contribution is 0.102. The highest BCUT2D eigenvalue weighted by molar-refractivity contribution is 5.30. The molecule has 0 bridgehead atoms. The second-order valence-corrected chi connectivity index (χ2v) is 5.75. The third-order valence-corrected chi connectivity index (χ3v) is 3.73. The Labute approximate surface area is 137 Å². The van der Waals surface area contributed by atoms with Crippen molar-refractivity contribution in [3.05, 3.63) is 71.8 Å². The van der Waals surface area contributed by atoms with E-state index in [1.54, 1.807) is 0 Å². The minimum Gasteiger partial charge on any atom is -0.376 e. The van der Waals surface area contributed by atoms with Crippen molar-refractivity contribution in [3.8, 4) is 0 Å². The molecule has 2 atom stereocenters. The SMILES string of the molecule is C(OCC1CO1)C1CO1.NC(c1ccccc1)c1ccccc1. The minimum atomic E-state index is -0.0163. The van der Waals surface area contributed by atoms with Gasteiger partial charge in [0.15, 0.2) is 0 Å². The average molecular weight is 313 g/mol. The van der Waals surface area contributed by atoms with E-state index in [1.807, 2.05) is 36.4 Å². The molecule has 4 rings (SSSR count). The first-order valence-electron chi connectivity index (χ1n) is 7.99. The molecule has 2 aromatic carbocycles. The van der Waals surface area contributed by atoms with E-state index in [2.05, 4.69) is 24.3 Å². The second-order valence-electron chi connectivity index (χ2n) is 5.75. The summed E-state index contributed by atoms with van der Waals surface area (Å²) >= 11 is 0. The van der Waals surface area contributed by atoms with Gasteiger partial charge in [-0.1, -0.05) is 60.7 Å². The fourth-order valence-corrected chi connectivity index (χ4v) is 2.17. The molecule has 0 saturated carbocycles. The molecule has 122 valence electrons. The topological polar surface area (TPSA) is 60.3 Å². The van der Waals surface area contributed by atoms with Crippen molar-refractivity contribution < 1.29 is 14.2 Å². The molecule has 2 aromatic rings. The van der Waals surface area contributed by atoms with E-state index in [1.165, 1.54) is 0 Å². The zero-order valence-electron chi connectivity index (χ0n) is 13.1. The lowest BCUT2D eigenvalue weighted by Gasteiger charge is -2.11. The fourth-order valence-electron chi connectivity index (χ4n) is 2.17. The Morgan fingerprint density at radius 3 is 1.57 bits per heavy atom. The summed E-state index contributed by atoms with van der Waals surface area (Å²) in [4.78, 5) is 0. The molecule has 0 radical (unpaired) electrons. The summed E-state index contributed by atoms with van der Waals surface area (Å²) in [7, 11) is 0. The van der Waals surface area contributed by atoms with Gasteiger partial charge in [-0.15, -0.1) is 0 Å². The molecule has 2 heterocycles. The summed E-state index contributed by atoms with van der Waals surface area (Å²) in [5.74, 6) is 0. The maximum atomic E-state index is 6.12. The van der Waals surface area contributed by atoms with Crippen LogP contribution in [0.1, 0.15) is 17.2 Å². The largest absolute Gasteiger partial charge is 0.376 e. The van der Waals surface area contributed by atoms with Crippen molar-refractivity contribution in [2.24, 2.45) is 5.73 Å². The number of epoxide rings is 2. The van der Waals surface area contributed by atoms with Crippen LogP contribution in [0.15, 0.2) is 60.7 Å². The zero-order chi connectivity index (χ0) is 15.9. The van der Waals surface area contributed by atoms with Crippen LogP contribution in [0.4, 0.5) is 0 Å². The first-order chi connectivity index (χ1) is 11.3. The molecule has 4 heteroatoms. The van der Waals surface area contributed by atoms with Crippen LogP contribution in [0.25, 0.3) is 0 Å². The summed E-state index contributed by atoms with van der Waals surface area (Å²) in [5.41, 5.74) is 8.42. The standard InChI is InChI=1S/C13H13N.C6H10O3/c14-13(11-7-3-1-4-8-11)12-9-5-2-6-10-12;1(5-3-8-5)7-2-6-4-9-6/h1-10,13H,14H2;5-6H,1-4H2. The molecule has 2 saturated heterocycles. The van der Waals surface area contributed by atoms with Gasteiger partial charge in [0.2, 0.25) is 0 Å². The lowest BCUT2D eigenvalue weighted by atomic mass is 10.00. The Hall–Kier alpha value is -1.72. The van der Waals surface area contributed by atoms with Crippen LogP contribution in [-0.2, 0) is 14.2 Å². The number of nitrogens with two attached hydrogens (primary N) is 1. The molecule has 0 spiro atoms. The van der Waals surface area contributed by atoms with Crippen LogP contribution in [0, 0.1) is 0 Å². The molecule has 23 heavy (non-hydrogen) atoms. The summed E-state index contributed by atoms with van der Waals surface area (Å²) < 4.78 is 15.1. The van der Waals surface area contributed by atoms with Crippen LogP contribution >= 0.6 is 0 Å². The molecule has 2 aliphatic rings. The molecule has 0 amide bonds. The highest BCUT2D eigenvalue weighted by Crippen LogP contribution is 2.18. The number of rotatable bonds is 6. The van der Waals surface area contributed by atoms with Gasteiger partial charge in [0.1, 0.15) is 12.2 Å². The first-order valence-corrected chi connectivity index (χ1v) is 7.99. The molecular formula is C19H23NO3. The van der Waals surface area contributed by atoms with E-state index < -0.39 is 0 Å². The van der Waals surface area contributed by atoms with Crippen LogP contribution in [0.2, 0.25) is 0 Å². The summed E-state index contributed by atoms with van der Waals surface area (Å²) in [6, 6.07) is 20.2. The van der Waals surface area contributed by atoms with Crippen molar-refractivity contribution in [1.29, 1.82) is 0 Å². The monoisotopic (exact) mass is 313 g/mol. The van der Waals surface area contributed by atoms with E-state index >= 15 is 0 Å². The van der Waals surface area contributed by atoms with E-state index in [0.717, 1.165) is 37.6 Å². The van der Waals surface area contributed by atoms with Crippen molar-refractivity contribution in [2.45, 2.75) is 18.2 Å². The summed E-state index contributed by atoms with van der Waals surface area (Å²) in [5, 5.41) is 0. The van der Waals surface area contributed by atoms with E-state index in [9.17, 15) is 0 Å². The lowest BCUT2D eigenvalue weighted by Crippen LogP contribution is -2.11. The highest BCUT2D eigenvalue weighted by Gasteiger charge is 2.26. The average Bonchev–Trinajstić information content (AvgIpc) is 3.52. The molecule has 2 N–H and O–H groups in total. The van der Waals surface area contributed by atoms with E-state index in [0.29, 0.717) is 12.2 Å². The Morgan fingerprint density at radius 2 is 1.22 bits per heavy atom. The van der Waals surface area contributed by atoms with Crippen LogP contribution in [-0.4, -0.2) is 38.6 Å². The normalized spacial score (nSPS) is 21.5. The third-order valence-electron chi connectivity index (χ3n) is 3.73. The molecule has 0 aliphatic carbocycles. The van der Waals surface area contributed by atoms with Gasteiger partial charge < -0.3 is 19.9 Å². The van der Waals surface area contributed by atoms with Gasteiger partial charge in [-0.3, -0.25) is 0 Å². The van der Waals surface area contributed by atoms with Crippen molar-refractivity contribution in [1.82, 2.24) is 0 Å². The smallest absolute Gasteiger partial charge is 0.104 e. The highest BCUT2D eigenvalue weighted by atomic mass is 16.6. The Morgan fingerprint density at radius 1 is 0.826 bits per heavy atom. The van der Waals surface area contributed by atoms with Crippen molar-refractivity contribution >= 4 is 0 Å². The molecule has 2 unspecified atom stereocenters. The Balaban J connectivity index is 0.000000149. The van der Waals surface area contributed by atoms with Crippen molar-refractivity contribution in [2.75, 3.05) is 26.4 Å². The Bertz CT molecular complexity index is 516. The summed E-state index contributed by atoms with van der Waals surface area (Å²) in [6.07, 6.45) is 0.785. The predicted octanol–water partition coefficient (Wildman–Crippen LogP) is 2.54. The van der Waals surface area contributed by atoms with Gasteiger partial charge in [-0.25, -0.2) is 0 Å². The van der Waals surface area contributed by atoms with Crippen molar-refractivity contribution in [3.63, 3.8) is 0 Å². The molecular weight excluding hydrogens is 290 g/mol. The first kappa shape index (κ1) is 16.1. The number of benzene rings is 2. The van der Waals surface area contributed by atoms with Gasteiger partial charge in [0.25, 0.3) is 0 Å². The maximum Gasteiger partial charge on any atom is 0.104 e. The number of ether oxygens (including phenoxy) is 3. The number of hydrogen-bond acceptors (Lipinski definition) is 4. The van der Waals surface area contributed by atoms with Crippen LogP contribution in [0.3, 0.4) is 0 Å². The molecule has 0 aromatic heterocycles. The maximum absolute atomic E-state index is 6.12. The molecule has 2 fully saturated rings. The second kappa shape index (κ2) is 8.22. The summed E-state index contributed by atoms with van der Waals surface area (Å²) in [6.45, 7) is 3.26. The van der Waals surface area contributed by atoms with Gasteiger partial charge in [0, 0.05) is 0 Å². The van der Waals surface area contributed by atoms with Crippen LogP contribution in [0.5, 0.6) is 0 Å². The van der Waals surface area contributed by atoms with Gasteiger partial charge in [-0.05, 0) is 11.1 Å². The van der Waals surface area contributed by atoms with Gasteiger partial charge in [0.05, 0.1) is 32.5 Å². The fraction of sp³-hybridized carbons (Fsp3) is 0.368. The minimum absolute atomic E-state index is 0.0163. The Kier molecular flexibility index (Phi) is 5.77. The number of hydrogen-bond donors (Lipinski definition) is 1.